The van der Waals surface area contributed by atoms with Crippen LogP contribution in [0.3, 0.4) is 0 Å². The summed E-state index contributed by atoms with van der Waals surface area (Å²) in [5, 5.41) is 3.51. The second kappa shape index (κ2) is 5.35. The zero-order chi connectivity index (χ0) is 14.9. The molecule has 0 aliphatic rings. The molecule has 0 atom stereocenters. The van der Waals surface area contributed by atoms with Crippen molar-refractivity contribution in [3.05, 3.63) is 72.9 Å². The van der Waals surface area contributed by atoms with Crippen molar-refractivity contribution in [3.8, 4) is 0 Å². The molecular weight excluding hydrogens is 288 g/mol. The van der Waals surface area contributed by atoms with Crippen LogP contribution in [0.2, 0.25) is 0 Å². The Kier molecular flexibility index (Phi) is 3.20. The average molecular weight is 302 g/mol. The molecule has 4 rings (SSSR count). The lowest BCUT2D eigenvalue weighted by Gasteiger charge is -2.08. The van der Waals surface area contributed by atoms with Crippen LogP contribution < -0.4 is 5.73 Å². The molecule has 0 saturated carbocycles. The largest absolute Gasteiger partial charge is 0.398 e. The zero-order valence-electron chi connectivity index (χ0n) is 11.9. The maximum Gasteiger partial charge on any atom is 0.0861 e. The van der Waals surface area contributed by atoms with E-state index in [4.69, 9.17) is 5.73 Å². The molecule has 4 aromatic rings. The Bertz CT molecular complexity index is 979. The quantitative estimate of drug-likeness (QED) is 0.522. The van der Waals surface area contributed by atoms with Crippen LogP contribution in [0.1, 0.15) is 0 Å². The molecule has 0 unspecified atom stereocenters. The third-order valence-corrected chi connectivity index (χ3v) is 4.75. The molecule has 0 aliphatic heterocycles. The fourth-order valence-electron chi connectivity index (χ4n) is 2.61. The van der Waals surface area contributed by atoms with Gasteiger partial charge in [-0.15, -0.1) is 0 Å². The van der Waals surface area contributed by atoms with E-state index in [0.29, 0.717) is 0 Å². The monoisotopic (exact) mass is 302 g/mol. The smallest absolute Gasteiger partial charge is 0.0861 e. The lowest BCUT2D eigenvalue weighted by atomic mass is 10.1. The lowest BCUT2D eigenvalue weighted by Crippen LogP contribution is -1.90. The molecule has 106 valence electrons. The molecular formula is C19H14N2S. The Labute approximate surface area is 133 Å². The van der Waals surface area contributed by atoms with Gasteiger partial charge in [0, 0.05) is 27.1 Å². The Balaban J connectivity index is 1.81. The van der Waals surface area contributed by atoms with E-state index in [1.54, 1.807) is 11.8 Å². The summed E-state index contributed by atoms with van der Waals surface area (Å²) >= 11 is 1.72. The van der Waals surface area contributed by atoms with Gasteiger partial charge < -0.3 is 5.73 Å². The highest BCUT2D eigenvalue weighted by Gasteiger charge is 2.07. The number of hydrogen-bond acceptors (Lipinski definition) is 3. The van der Waals surface area contributed by atoms with Crippen molar-refractivity contribution in [2.24, 2.45) is 0 Å². The molecule has 2 nitrogen and oxygen atoms in total. The van der Waals surface area contributed by atoms with Gasteiger partial charge in [-0.2, -0.15) is 0 Å². The van der Waals surface area contributed by atoms with E-state index in [1.807, 2.05) is 30.5 Å². The highest BCUT2D eigenvalue weighted by Crippen LogP contribution is 2.35. The second-order valence-electron chi connectivity index (χ2n) is 5.16. The first-order valence-electron chi connectivity index (χ1n) is 7.11. The topological polar surface area (TPSA) is 38.9 Å². The van der Waals surface area contributed by atoms with Gasteiger partial charge >= 0.3 is 0 Å². The van der Waals surface area contributed by atoms with Gasteiger partial charge in [0.25, 0.3) is 0 Å². The molecule has 3 aromatic carbocycles. The van der Waals surface area contributed by atoms with Crippen LogP contribution in [-0.2, 0) is 0 Å². The first-order chi connectivity index (χ1) is 10.8. The maximum atomic E-state index is 6.04. The molecule has 0 saturated heterocycles. The number of fused-ring (bicyclic) bond motifs is 2. The summed E-state index contributed by atoms with van der Waals surface area (Å²) in [5.41, 5.74) is 7.77. The van der Waals surface area contributed by atoms with E-state index >= 15 is 0 Å². The van der Waals surface area contributed by atoms with Crippen molar-refractivity contribution in [1.29, 1.82) is 0 Å². The summed E-state index contributed by atoms with van der Waals surface area (Å²) in [4.78, 5) is 6.83. The highest BCUT2D eigenvalue weighted by molar-refractivity contribution is 7.99. The van der Waals surface area contributed by atoms with Gasteiger partial charge in [0.05, 0.1) is 5.52 Å². The summed E-state index contributed by atoms with van der Waals surface area (Å²) in [6.07, 6.45) is 1.81. The van der Waals surface area contributed by atoms with Crippen molar-refractivity contribution < 1.29 is 0 Å². The number of nitrogens with two attached hydrogens (primary N) is 1. The van der Waals surface area contributed by atoms with Gasteiger partial charge in [0.2, 0.25) is 0 Å². The van der Waals surface area contributed by atoms with E-state index < -0.39 is 0 Å². The Morgan fingerprint density at radius 2 is 1.68 bits per heavy atom. The van der Waals surface area contributed by atoms with Gasteiger partial charge in [-0.3, -0.25) is 4.98 Å². The van der Waals surface area contributed by atoms with Crippen LogP contribution in [0.5, 0.6) is 0 Å². The number of nitrogen functional groups attached to an aromatic ring is 1. The third kappa shape index (κ3) is 2.30. The van der Waals surface area contributed by atoms with Gasteiger partial charge in [-0.05, 0) is 47.2 Å². The predicted molar refractivity (Wildman–Crippen MR) is 94.2 cm³/mol. The van der Waals surface area contributed by atoms with Crippen molar-refractivity contribution in [2.75, 3.05) is 5.73 Å². The molecule has 0 fully saturated rings. The van der Waals surface area contributed by atoms with Gasteiger partial charge in [0.15, 0.2) is 0 Å². The number of nitrogens with zero attached hydrogens (tertiary/aromatic N) is 1. The second-order valence-corrected chi connectivity index (χ2v) is 6.28. The lowest BCUT2D eigenvalue weighted by molar-refractivity contribution is 1.34. The molecule has 2 N–H and O–H groups in total. The van der Waals surface area contributed by atoms with E-state index in [2.05, 4.69) is 47.4 Å². The fourth-order valence-corrected chi connectivity index (χ4v) is 3.58. The van der Waals surface area contributed by atoms with Crippen LogP contribution in [0.15, 0.2) is 82.7 Å². The van der Waals surface area contributed by atoms with E-state index in [1.165, 1.54) is 15.7 Å². The first kappa shape index (κ1) is 13.2. The minimum Gasteiger partial charge on any atom is -0.398 e. The summed E-state index contributed by atoms with van der Waals surface area (Å²) in [7, 11) is 0. The summed E-state index contributed by atoms with van der Waals surface area (Å²) in [5.74, 6) is 0. The molecule has 0 aliphatic carbocycles. The number of rotatable bonds is 2. The number of anilines is 1. The predicted octanol–water partition coefficient (Wildman–Crippen LogP) is 5.12. The summed E-state index contributed by atoms with van der Waals surface area (Å²) < 4.78 is 0. The standard InChI is InChI=1S/C19H14N2S/c20-17-9-10-18(19-16(17)6-3-11-21-19)22-15-8-7-13-4-1-2-5-14(13)12-15/h1-12H,20H2. The minimum atomic E-state index is 0.769. The molecule has 1 aromatic heterocycles. The van der Waals surface area contributed by atoms with Crippen LogP contribution >= 0.6 is 11.8 Å². The third-order valence-electron chi connectivity index (χ3n) is 3.72. The van der Waals surface area contributed by atoms with Crippen molar-refractivity contribution in [2.45, 2.75) is 9.79 Å². The van der Waals surface area contributed by atoms with Crippen LogP contribution in [0.4, 0.5) is 5.69 Å². The summed E-state index contributed by atoms with van der Waals surface area (Å²) in [6.45, 7) is 0. The number of pyridine rings is 1. The van der Waals surface area contributed by atoms with E-state index in [0.717, 1.165) is 21.5 Å². The minimum absolute atomic E-state index is 0.769. The van der Waals surface area contributed by atoms with Crippen molar-refractivity contribution >= 4 is 39.1 Å². The van der Waals surface area contributed by atoms with Crippen LogP contribution in [0.25, 0.3) is 21.7 Å². The number of benzene rings is 3. The maximum absolute atomic E-state index is 6.04. The van der Waals surface area contributed by atoms with E-state index in [-0.39, 0.29) is 0 Å². The fraction of sp³-hybridized carbons (Fsp3) is 0. The molecule has 0 amide bonds. The van der Waals surface area contributed by atoms with Gasteiger partial charge in [-0.25, -0.2) is 0 Å². The summed E-state index contributed by atoms with van der Waals surface area (Å²) in [6, 6.07) is 22.9. The molecule has 0 spiro atoms. The van der Waals surface area contributed by atoms with Crippen molar-refractivity contribution in [3.63, 3.8) is 0 Å². The Morgan fingerprint density at radius 1 is 0.818 bits per heavy atom. The van der Waals surface area contributed by atoms with Crippen LogP contribution in [0, 0.1) is 0 Å². The molecule has 0 bridgehead atoms. The Morgan fingerprint density at radius 3 is 2.59 bits per heavy atom. The van der Waals surface area contributed by atoms with E-state index in [9.17, 15) is 0 Å². The van der Waals surface area contributed by atoms with Crippen LogP contribution in [-0.4, -0.2) is 4.98 Å². The number of aromatic nitrogens is 1. The Hall–Kier alpha value is -2.52. The SMILES string of the molecule is Nc1ccc(Sc2ccc3ccccc3c2)c2ncccc12. The molecule has 0 radical (unpaired) electrons. The molecule has 22 heavy (non-hydrogen) atoms. The molecule has 3 heteroatoms. The average Bonchev–Trinajstić information content (AvgIpc) is 2.58. The number of hydrogen-bond donors (Lipinski definition) is 1. The highest BCUT2D eigenvalue weighted by atomic mass is 32.2. The van der Waals surface area contributed by atoms with Gasteiger partial charge in [0.1, 0.15) is 0 Å². The normalized spacial score (nSPS) is 11.1. The van der Waals surface area contributed by atoms with Gasteiger partial charge in [-0.1, -0.05) is 42.1 Å². The zero-order valence-corrected chi connectivity index (χ0v) is 12.7. The first-order valence-corrected chi connectivity index (χ1v) is 7.93. The molecule has 1 heterocycles. The van der Waals surface area contributed by atoms with Crippen molar-refractivity contribution in [1.82, 2.24) is 4.98 Å².